The van der Waals surface area contributed by atoms with Crippen LogP contribution in [0.4, 0.5) is 4.39 Å². The van der Waals surface area contributed by atoms with Gasteiger partial charge in [0.25, 0.3) is 0 Å². The quantitative estimate of drug-likeness (QED) is 0.360. The lowest BCUT2D eigenvalue weighted by molar-refractivity contribution is -0.139. The van der Waals surface area contributed by atoms with E-state index in [0.717, 1.165) is 18.4 Å². The van der Waals surface area contributed by atoms with E-state index in [1.807, 2.05) is 19.1 Å². The largest absolute Gasteiger partial charge is 0.354 e. The van der Waals surface area contributed by atoms with Crippen molar-refractivity contribution in [2.45, 2.75) is 51.4 Å². The summed E-state index contributed by atoms with van der Waals surface area (Å²) in [6, 6.07) is 11.1. The van der Waals surface area contributed by atoms with Crippen LogP contribution in [0.15, 0.2) is 42.5 Å². The molecular formula is C24H29Cl2FN2O2S. The molecule has 32 heavy (non-hydrogen) atoms. The molecule has 0 aromatic heterocycles. The molecule has 0 saturated heterocycles. The molecule has 2 aromatic rings. The first-order chi connectivity index (χ1) is 15.4. The minimum Gasteiger partial charge on any atom is -0.354 e. The van der Waals surface area contributed by atoms with Gasteiger partial charge >= 0.3 is 0 Å². The van der Waals surface area contributed by atoms with Gasteiger partial charge in [-0.1, -0.05) is 61.7 Å². The molecule has 0 radical (unpaired) electrons. The van der Waals surface area contributed by atoms with Gasteiger partial charge in [0.1, 0.15) is 11.9 Å². The number of nitrogens with zero attached hydrogens (tertiary/aromatic N) is 1. The number of thioether (sulfide) groups is 1. The van der Waals surface area contributed by atoms with Gasteiger partial charge in [-0.15, -0.1) is 11.8 Å². The predicted octanol–water partition coefficient (Wildman–Crippen LogP) is 6.09. The number of carbonyl (C=O) groups excluding carboxylic acids is 2. The van der Waals surface area contributed by atoms with Gasteiger partial charge in [-0.3, -0.25) is 9.59 Å². The van der Waals surface area contributed by atoms with Crippen LogP contribution in [0.2, 0.25) is 10.0 Å². The van der Waals surface area contributed by atoms with E-state index in [4.69, 9.17) is 23.2 Å². The number of hydrogen-bond donors (Lipinski definition) is 1. The Labute approximate surface area is 203 Å². The summed E-state index contributed by atoms with van der Waals surface area (Å²) in [6.07, 6.45) is 2.34. The van der Waals surface area contributed by atoms with Crippen molar-refractivity contribution in [2.75, 3.05) is 12.3 Å². The van der Waals surface area contributed by atoms with Crippen molar-refractivity contribution in [1.82, 2.24) is 10.2 Å². The normalized spacial score (nSPS) is 11.8. The van der Waals surface area contributed by atoms with Crippen LogP contribution in [0.5, 0.6) is 0 Å². The molecule has 1 N–H and O–H groups in total. The highest BCUT2D eigenvalue weighted by molar-refractivity contribution is 7.99. The summed E-state index contributed by atoms with van der Waals surface area (Å²) in [5.74, 6) is -0.361. The van der Waals surface area contributed by atoms with E-state index < -0.39 is 11.9 Å². The van der Waals surface area contributed by atoms with Gasteiger partial charge in [0.15, 0.2) is 0 Å². The molecular weight excluding hydrogens is 470 g/mol. The second-order valence-electron chi connectivity index (χ2n) is 7.41. The van der Waals surface area contributed by atoms with E-state index in [9.17, 15) is 14.0 Å². The molecule has 4 nitrogen and oxygen atoms in total. The minimum atomic E-state index is -0.590. The Hall–Kier alpha value is -1.76. The summed E-state index contributed by atoms with van der Waals surface area (Å²) < 4.78 is 14.0. The summed E-state index contributed by atoms with van der Waals surface area (Å²) in [6.45, 7) is 4.81. The maximum atomic E-state index is 14.0. The maximum Gasteiger partial charge on any atom is 0.242 e. The molecule has 0 unspecified atom stereocenters. The molecule has 0 aliphatic heterocycles. The number of carbonyl (C=O) groups is 2. The van der Waals surface area contributed by atoms with Crippen LogP contribution < -0.4 is 5.32 Å². The van der Waals surface area contributed by atoms with Crippen LogP contribution >= 0.6 is 35.0 Å². The van der Waals surface area contributed by atoms with E-state index in [2.05, 4.69) is 12.2 Å². The van der Waals surface area contributed by atoms with Gasteiger partial charge in [0, 0.05) is 34.5 Å². The SMILES string of the molecule is CCCCNC(=O)[C@H](CC)N(Cc1ccc(Cl)cc1)C(=O)CSCc1c(F)cccc1Cl. The standard InChI is InChI=1S/C24H29Cl2FN2O2S/c1-3-5-13-28-24(31)22(4-2)29(14-17-9-11-18(25)12-10-17)23(30)16-32-15-19-20(26)7-6-8-21(19)27/h6-12,22H,3-5,13-16H2,1-2H3,(H,28,31)/t22-/m0/s1. The third-order valence-corrected chi connectivity index (χ3v) is 6.57. The number of amides is 2. The number of rotatable bonds is 12. The van der Waals surface area contributed by atoms with Crippen molar-refractivity contribution >= 4 is 46.8 Å². The van der Waals surface area contributed by atoms with Gasteiger partial charge in [-0.2, -0.15) is 0 Å². The van der Waals surface area contributed by atoms with E-state index in [1.165, 1.54) is 17.8 Å². The van der Waals surface area contributed by atoms with Crippen molar-refractivity contribution in [3.63, 3.8) is 0 Å². The second kappa shape index (κ2) is 13.7. The smallest absolute Gasteiger partial charge is 0.242 e. The molecule has 0 aliphatic carbocycles. The lowest BCUT2D eigenvalue weighted by Crippen LogP contribution is -2.49. The van der Waals surface area contributed by atoms with E-state index in [1.54, 1.807) is 29.2 Å². The van der Waals surface area contributed by atoms with E-state index in [0.29, 0.717) is 28.6 Å². The Morgan fingerprint density at radius 3 is 2.47 bits per heavy atom. The fourth-order valence-corrected chi connectivity index (χ4v) is 4.58. The first-order valence-electron chi connectivity index (χ1n) is 10.7. The molecule has 0 heterocycles. The summed E-state index contributed by atoms with van der Waals surface area (Å²) >= 11 is 13.4. The fourth-order valence-electron chi connectivity index (χ4n) is 3.21. The molecule has 174 valence electrons. The van der Waals surface area contributed by atoms with E-state index in [-0.39, 0.29) is 29.9 Å². The number of nitrogens with one attached hydrogen (secondary N) is 1. The zero-order valence-corrected chi connectivity index (χ0v) is 20.7. The Morgan fingerprint density at radius 2 is 1.84 bits per heavy atom. The van der Waals surface area contributed by atoms with Crippen LogP contribution in [0, 0.1) is 5.82 Å². The molecule has 2 rings (SSSR count). The minimum absolute atomic E-state index is 0.108. The van der Waals surface area contributed by atoms with Gasteiger partial charge in [0.2, 0.25) is 11.8 Å². The van der Waals surface area contributed by atoms with Crippen LogP contribution in [-0.4, -0.2) is 35.1 Å². The Morgan fingerprint density at radius 1 is 1.12 bits per heavy atom. The second-order valence-corrected chi connectivity index (χ2v) is 9.24. The highest BCUT2D eigenvalue weighted by Gasteiger charge is 2.28. The molecule has 2 amide bonds. The highest BCUT2D eigenvalue weighted by atomic mass is 35.5. The van der Waals surface area contributed by atoms with Crippen molar-refractivity contribution < 1.29 is 14.0 Å². The van der Waals surface area contributed by atoms with E-state index >= 15 is 0 Å². The first-order valence-corrected chi connectivity index (χ1v) is 12.6. The summed E-state index contributed by atoms with van der Waals surface area (Å²) in [4.78, 5) is 27.6. The molecule has 2 aromatic carbocycles. The predicted molar refractivity (Wildman–Crippen MR) is 132 cm³/mol. The molecule has 0 aliphatic rings. The zero-order valence-electron chi connectivity index (χ0n) is 18.4. The monoisotopic (exact) mass is 498 g/mol. The number of benzene rings is 2. The highest BCUT2D eigenvalue weighted by Crippen LogP contribution is 2.25. The zero-order chi connectivity index (χ0) is 23.5. The summed E-state index contributed by atoms with van der Waals surface area (Å²) in [5, 5.41) is 3.88. The van der Waals surface area contributed by atoms with Crippen molar-refractivity contribution in [1.29, 1.82) is 0 Å². The van der Waals surface area contributed by atoms with Gasteiger partial charge in [-0.25, -0.2) is 4.39 Å². The van der Waals surface area contributed by atoms with Crippen molar-refractivity contribution in [3.8, 4) is 0 Å². The fraction of sp³-hybridized carbons (Fsp3) is 0.417. The Kier molecular flexibility index (Phi) is 11.4. The third-order valence-electron chi connectivity index (χ3n) is 5.02. The molecule has 0 spiro atoms. The molecule has 0 bridgehead atoms. The Balaban J connectivity index is 2.13. The molecule has 1 atom stereocenters. The topological polar surface area (TPSA) is 49.4 Å². The molecule has 8 heteroatoms. The average Bonchev–Trinajstić information content (AvgIpc) is 2.77. The van der Waals surface area contributed by atoms with Crippen LogP contribution in [0.3, 0.4) is 0 Å². The molecule has 0 saturated carbocycles. The lowest BCUT2D eigenvalue weighted by atomic mass is 10.1. The van der Waals surface area contributed by atoms with Crippen LogP contribution in [0.1, 0.15) is 44.2 Å². The molecule has 0 fully saturated rings. The van der Waals surface area contributed by atoms with Crippen molar-refractivity contribution in [2.24, 2.45) is 0 Å². The first kappa shape index (κ1) is 26.5. The Bertz CT molecular complexity index is 876. The number of halogens is 3. The lowest BCUT2D eigenvalue weighted by Gasteiger charge is -2.30. The van der Waals surface area contributed by atoms with Crippen LogP contribution in [0.25, 0.3) is 0 Å². The van der Waals surface area contributed by atoms with Gasteiger partial charge in [-0.05, 0) is 42.7 Å². The van der Waals surface area contributed by atoms with Crippen molar-refractivity contribution in [3.05, 3.63) is 69.5 Å². The maximum absolute atomic E-state index is 14.0. The average molecular weight is 499 g/mol. The van der Waals surface area contributed by atoms with Gasteiger partial charge < -0.3 is 10.2 Å². The van der Waals surface area contributed by atoms with Crippen LogP contribution in [-0.2, 0) is 21.9 Å². The summed E-state index contributed by atoms with van der Waals surface area (Å²) in [5.41, 5.74) is 1.25. The van der Waals surface area contributed by atoms with Gasteiger partial charge in [0.05, 0.1) is 5.75 Å². The number of hydrogen-bond acceptors (Lipinski definition) is 3. The number of unbranched alkanes of at least 4 members (excludes halogenated alkanes) is 1. The summed E-state index contributed by atoms with van der Waals surface area (Å²) in [7, 11) is 0. The third kappa shape index (κ3) is 7.98.